The number of aromatic nitrogens is 2. The summed E-state index contributed by atoms with van der Waals surface area (Å²) in [6.07, 6.45) is 0. The number of fused-ring (bicyclic) bond motifs is 1. The van der Waals surface area contributed by atoms with Crippen LogP contribution < -0.4 is 5.32 Å². The number of hydrogen-bond donors (Lipinski definition) is 1. The Hall–Kier alpha value is -2.33. The molecule has 0 unspecified atom stereocenters. The molecule has 1 N–H and O–H groups in total. The van der Waals surface area contributed by atoms with Crippen molar-refractivity contribution in [3.8, 4) is 0 Å². The van der Waals surface area contributed by atoms with Gasteiger partial charge in [0.05, 0.1) is 11.0 Å². The molecule has 0 fully saturated rings. The van der Waals surface area contributed by atoms with Gasteiger partial charge in [0, 0.05) is 19.6 Å². The summed E-state index contributed by atoms with van der Waals surface area (Å²) in [5.74, 6) is 0.941. The number of likely N-dealkylation sites (N-methyl/N-ethyl adjacent to an activating group) is 1. The molecule has 4 heteroatoms. The number of para-hydroxylation sites is 2. The SMILES string of the molecule is Cc1ccccc1CNc1nc2ccccc2n1CCN(C)C. The molecule has 3 aromatic rings. The van der Waals surface area contributed by atoms with Crippen molar-refractivity contribution < 1.29 is 0 Å². The summed E-state index contributed by atoms with van der Waals surface area (Å²) >= 11 is 0. The number of rotatable bonds is 6. The fraction of sp³-hybridized carbons (Fsp3) is 0.316. The molecular formula is C19H24N4. The van der Waals surface area contributed by atoms with E-state index in [1.54, 1.807) is 0 Å². The highest BCUT2D eigenvalue weighted by Crippen LogP contribution is 2.20. The Bertz CT molecular complexity index is 789. The predicted octanol–water partition coefficient (Wildman–Crippen LogP) is 3.52. The Kier molecular flexibility index (Phi) is 4.63. The molecule has 0 aliphatic heterocycles. The van der Waals surface area contributed by atoms with Crippen LogP contribution in [0.25, 0.3) is 11.0 Å². The number of imidazole rings is 1. The van der Waals surface area contributed by atoms with Crippen molar-refractivity contribution >= 4 is 17.0 Å². The van der Waals surface area contributed by atoms with Crippen LogP contribution in [0.2, 0.25) is 0 Å². The first kappa shape index (κ1) is 15.6. The zero-order valence-corrected chi connectivity index (χ0v) is 14.1. The molecule has 0 radical (unpaired) electrons. The van der Waals surface area contributed by atoms with Crippen LogP contribution in [0.1, 0.15) is 11.1 Å². The van der Waals surface area contributed by atoms with Gasteiger partial charge in [0.15, 0.2) is 0 Å². The molecule has 0 bridgehead atoms. The summed E-state index contributed by atoms with van der Waals surface area (Å²) in [5.41, 5.74) is 4.83. The second kappa shape index (κ2) is 6.84. The fourth-order valence-corrected chi connectivity index (χ4v) is 2.72. The van der Waals surface area contributed by atoms with E-state index in [1.165, 1.54) is 16.6 Å². The molecule has 0 saturated carbocycles. The van der Waals surface area contributed by atoms with Crippen molar-refractivity contribution in [1.82, 2.24) is 14.5 Å². The van der Waals surface area contributed by atoms with E-state index in [9.17, 15) is 0 Å². The first-order valence-corrected chi connectivity index (χ1v) is 8.03. The largest absolute Gasteiger partial charge is 0.352 e. The van der Waals surface area contributed by atoms with Gasteiger partial charge in [-0.1, -0.05) is 36.4 Å². The smallest absolute Gasteiger partial charge is 0.204 e. The molecule has 0 spiro atoms. The molecule has 1 heterocycles. The maximum absolute atomic E-state index is 4.77. The summed E-state index contributed by atoms with van der Waals surface area (Å²) in [4.78, 5) is 6.96. The Labute approximate surface area is 137 Å². The van der Waals surface area contributed by atoms with E-state index in [4.69, 9.17) is 4.98 Å². The molecule has 3 rings (SSSR count). The second-order valence-electron chi connectivity index (χ2n) is 6.16. The van der Waals surface area contributed by atoms with Gasteiger partial charge in [-0.25, -0.2) is 4.98 Å². The summed E-state index contributed by atoms with van der Waals surface area (Å²) in [6.45, 7) is 4.84. The average Bonchev–Trinajstić information content (AvgIpc) is 2.89. The van der Waals surface area contributed by atoms with E-state index in [0.717, 1.165) is 31.1 Å². The van der Waals surface area contributed by atoms with Gasteiger partial charge in [-0.15, -0.1) is 0 Å². The van der Waals surface area contributed by atoms with Crippen molar-refractivity contribution in [1.29, 1.82) is 0 Å². The van der Waals surface area contributed by atoms with Crippen LogP contribution in [0.15, 0.2) is 48.5 Å². The molecule has 4 nitrogen and oxygen atoms in total. The summed E-state index contributed by atoms with van der Waals surface area (Å²) in [6, 6.07) is 16.8. The third-order valence-electron chi connectivity index (χ3n) is 4.12. The van der Waals surface area contributed by atoms with Gasteiger partial charge in [0.25, 0.3) is 0 Å². The van der Waals surface area contributed by atoms with Crippen LogP contribution in [0.3, 0.4) is 0 Å². The Morgan fingerprint density at radius 1 is 1.04 bits per heavy atom. The minimum atomic E-state index is 0.790. The van der Waals surface area contributed by atoms with E-state index in [-0.39, 0.29) is 0 Å². The van der Waals surface area contributed by atoms with Crippen LogP contribution in [0, 0.1) is 6.92 Å². The molecule has 120 valence electrons. The molecule has 0 atom stereocenters. The van der Waals surface area contributed by atoms with Gasteiger partial charge in [0.2, 0.25) is 5.95 Å². The van der Waals surface area contributed by atoms with Gasteiger partial charge in [-0.05, 0) is 44.3 Å². The van der Waals surface area contributed by atoms with Gasteiger partial charge >= 0.3 is 0 Å². The van der Waals surface area contributed by atoms with Crippen LogP contribution in [-0.4, -0.2) is 35.1 Å². The van der Waals surface area contributed by atoms with Gasteiger partial charge in [-0.3, -0.25) is 0 Å². The van der Waals surface area contributed by atoms with Crippen LogP contribution >= 0.6 is 0 Å². The highest BCUT2D eigenvalue weighted by molar-refractivity contribution is 5.78. The maximum atomic E-state index is 4.77. The van der Waals surface area contributed by atoms with Gasteiger partial charge in [-0.2, -0.15) is 0 Å². The lowest BCUT2D eigenvalue weighted by Gasteiger charge is -2.14. The number of anilines is 1. The molecular weight excluding hydrogens is 284 g/mol. The lowest BCUT2D eigenvalue weighted by atomic mass is 10.1. The molecule has 1 aromatic heterocycles. The normalized spacial score (nSPS) is 11.3. The lowest BCUT2D eigenvalue weighted by Crippen LogP contribution is -2.19. The molecule has 0 aliphatic carbocycles. The zero-order chi connectivity index (χ0) is 16.2. The van der Waals surface area contributed by atoms with Crippen molar-refractivity contribution in [2.45, 2.75) is 20.0 Å². The predicted molar refractivity (Wildman–Crippen MR) is 96.8 cm³/mol. The van der Waals surface area contributed by atoms with Crippen molar-refractivity contribution in [3.05, 3.63) is 59.7 Å². The lowest BCUT2D eigenvalue weighted by molar-refractivity contribution is 0.387. The van der Waals surface area contributed by atoms with Crippen molar-refractivity contribution in [2.75, 3.05) is 26.0 Å². The minimum Gasteiger partial charge on any atom is -0.352 e. The summed E-state index contributed by atoms with van der Waals surface area (Å²) in [5, 5.41) is 3.52. The highest BCUT2D eigenvalue weighted by Gasteiger charge is 2.10. The standard InChI is InChI=1S/C19H24N4/c1-15-8-4-5-9-16(15)14-20-19-21-17-10-6-7-11-18(17)23(19)13-12-22(2)3/h4-11H,12-14H2,1-3H3,(H,20,21). The number of aryl methyl sites for hydroxylation is 1. The van der Waals surface area contributed by atoms with Gasteiger partial charge in [0.1, 0.15) is 0 Å². The third-order valence-corrected chi connectivity index (χ3v) is 4.12. The highest BCUT2D eigenvalue weighted by atomic mass is 15.2. The maximum Gasteiger partial charge on any atom is 0.204 e. The number of hydrogen-bond acceptors (Lipinski definition) is 3. The second-order valence-corrected chi connectivity index (χ2v) is 6.16. The summed E-state index contributed by atoms with van der Waals surface area (Å²) in [7, 11) is 4.19. The number of benzene rings is 2. The quantitative estimate of drug-likeness (QED) is 0.756. The Morgan fingerprint density at radius 3 is 2.57 bits per heavy atom. The Balaban J connectivity index is 1.87. The van der Waals surface area contributed by atoms with E-state index in [2.05, 4.69) is 78.3 Å². The van der Waals surface area contributed by atoms with Crippen molar-refractivity contribution in [3.63, 3.8) is 0 Å². The van der Waals surface area contributed by atoms with E-state index >= 15 is 0 Å². The van der Waals surface area contributed by atoms with E-state index in [1.807, 2.05) is 6.07 Å². The first-order chi connectivity index (χ1) is 11.1. The van der Waals surface area contributed by atoms with E-state index in [0.29, 0.717) is 0 Å². The summed E-state index contributed by atoms with van der Waals surface area (Å²) < 4.78 is 2.27. The molecule has 0 aliphatic rings. The monoisotopic (exact) mass is 308 g/mol. The topological polar surface area (TPSA) is 33.1 Å². The number of nitrogens with one attached hydrogen (secondary N) is 1. The van der Waals surface area contributed by atoms with Crippen LogP contribution in [0.4, 0.5) is 5.95 Å². The molecule has 0 amide bonds. The van der Waals surface area contributed by atoms with E-state index < -0.39 is 0 Å². The number of nitrogens with zero attached hydrogens (tertiary/aromatic N) is 3. The minimum absolute atomic E-state index is 0.790. The van der Waals surface area contributed by atoms with Gasteiger partial charge < -0.3 is 14.8 Å². The average molecular weight is 308 g/mol. The fourth-order valence-electron chi connectivity index (χ4n) is 2.72. The first-order valence-electron chi connectivity index (χ1n) is 8.03. The zero-order valence-electron chi connectivity index (χ0n) is 14.1. The van der Waals surface area contributed by atoms with Crippen molar-refractivity contribution in [2.24, 2.45) is 0 Å². The van der Waals surface area contributed by atoms with Crippen LogP contribution in [0.5, 0.6) is 0 Å². The van der Waals surface area contributed by atoms with Crippen LogP contribution in [-0.2, 0) is 13.1 Å². The Morgan fingerprint density at radius 2 is 1.78 bits per heavy atom. The molecule has 2 aromatic carbocycles. The third kappa shape index (κ3) is 3.54. The molecule has 23 heavy (non-hydrogen) atoms. The molecule has 0 saturated heterocycles.